The number of piperidine rings is 1. The predicted molar refractivity (Wildman–Crippen MR) is 88.5 cm³/mol. The molecule has 122 valence electrons. The van der Waals surface area contributed by atoms with Crippen LogP contribution in [0, 0.1) is 5.92 Å². The standard InChI is InChI=1S/C14H25N3O2S.ClH/c1-3-13(18)17-9-20-8-12(17)14(19)16-6-4-5-11(7-16)10(2)15;/h10-12H,3-9,15H2,1-2H3;1H. The van der Waals surface area contributed by atoms with Crippen LogP contribution in [0.4, 0.5) is 0 Å². The van der Waals surface area contributed by atoms with Crippen LogP contribution in [0.1, 0.15) is 33.1 Å². The number of thioether (sulfide) groups is 1. The Kier molecular flexibility index (Phi) is 7.30. The summed E-state index contributed by atoms with van der Waals surface area (Å²) in [6.07, 6.45) is 2.57. The Morgan fingerprint density at radius 2 is 2.14 bits per heavy atom. The number of carbonyl (C=O) groups excluding carboxylic acids is 2. The number of carbonyl (C=O) groups is 2. The molecule has 2 heterocycles. The van der Waals surface area contributed by atoms with Gasteiger partial charge in [0.1, 0.15) is 6.04 Å². The van der Waals surface area contributed by atoms with Crippen molar-refractivity contribution in [2.45, 2.75) is 45.2 Å². The number of halogens is 1. The van der Waals surface area contributed by atoms with Gasteiger partial charge in [-0.1, -0.05) is 6.92 Å². The van der Waals surface area contributed by atoms with Gasteiger partial charge >= 0.3 is 0 Å². The minimum absolute atomic E-state index is 0. The van der Waals surface area contributed by atoms with Gasteiger partial charge in [-0.25, -0.2) is 0 Å². The molecule has 2 fully saturated rings. The number of nitrogens with zero attached hydrogens (tertiary/aromatic N) is 2. The van der Waals surface area contributed by atoms with Crippen LogP contribution in [0.25, 0.3) is 0 Å². The van der Waals surface area contributed by atoms with E-state index in [0.29, 0.717) is 18.2 Å². The van der Waals surface area contributed by atoms with E-state index >= 15 is 0 Å². The first kappa shape index (κ1) is 18.6. The topological polar surface area (TPSA) is 66.6 Å². The molecular formula is C14H26ClN3O2S. The molecule has 2 aliphatic rings. The Hall–Kier alpha value is -0.460. The monoisotopic (exact) mass is 335 g/mol. The second-order valence-electron chi connectivity index (χ2n) is 5.78. The summed E-state index contributed by atoms with van der Waals surface area (Å²) in [5.74, 6) is 1.95. The van der Waals surface area contributed by atoms with E-state index in [1.807, 2.05) is 18.7 Å². The lowest BCUT2D eigenvalue weighted by Crippen LogP contribution is -2.53. The highest BCUT2D eigenvalue weighted by molar-refractivity contribution is 7.99. The van der Waals surface area contributed by atoms with Crippen molar-refractivity contribution in [3.63, 3.8) is 0 Å². The average molecular weight is 336 g/mol. The Morgan fingerprint density at radius 3 is 2.76 bits per heavy atom. The van der Waals surface area contributed by atoms with Gasteiger partial charge in [0.05, 0.1) is 5.88 Å². The van der Waals surface area contributed by atoms with Gasteiger partial charge in [0.15, 0.2) is 0 Å². The van der Waals surface area contributed by atoms with Crippen molar-refractivity contribution >= 4 is 36.0 Å². The van der Waals surface area contributed by atoms with Crippen LogP contribution in [0.15, 0.2) is 0 Å². The molecule has 2 aliphatic heterocycles. The first-order chi connectivity index (χ1) is 9.54. The maximum Gasteiger partial charge on any atom is 0.246 e. The molecule has 0 saturated carbocycles. The molecule has 5 nitrogen and oxygen atoms in total. The zero-order chi connectivity index (χ0) is 14.7. The molecule has 0 aromatic carbocycles. The molecule has 0 spiro atoms. The second kappa shape index (κ2) is 8.25. The zero-order valence-corrected chi connectivity index (χ0v) is 14.4. The second-order valence-corrected chi connectivity index (χ2v) is 6.78. The lowest BCUT2D eigenvalue weighted by Gasteiger charge is -2.37. The highest BCUT2D eigenvalue weighted by Crippen LogP contribution is 2.26. The molecule has 0 aromatic rings. The van der Waals surface area contributed by atoms with Crippen molar-refractivity contribution in [1.29, 1.82) is 0 Å². The summed E-state index contributed by atoms with van der Waals surface area (Å²) in [5, 5.41) is 0. The Morgan fingerprint density at radius 1 is 1.43 bits per heavy atom. The van der Waals surface area contributed by atoms with Crippen molar-refractivity contribution in [2.24, 2.45) is 11.7 Å². The number of amides is 2. The summed E-state index contributed by atoms with van der Waals surface area (Å²) in [6, 6.07) is -0.142. The van der Waals surface area contributed by atoms with Crippen LogP contribution in [-0.2, 0) is 9.59 Å². The highest BCUT2D eigenvalue weighted by atomic mass is 35.5. The largest absolute Gasteiger partial charge is 0.341 e. The van der Waals surface area contributed by atoms with Gasteiger partial charge in [0, 0.05) is 31.3 Å². The molecule has 0 radical (unpaired) electrons. The molecule has 2 rings (SSSR count). The molecule has 2 amide bonds. The van der Waals surface area contributed by atoms with Gasteiger partial charge in [0.25, 0.3) is 0 Å². The summed E-state index contributed by atoms with van der Waals surface area (Å²) < 4.78 is 0. The highest BCUT2D eigenvalue weighted by Gasteiger charge is 2.38. The summed E-state index contributed by atoms with van der Waals surface area (Å²) in [6.45, 7) is 5.40. The van der Waals surface area contributed by atoms with E-state index in [9.17, 15) is 9.59 Å². The van der Waals surface area contributed by atoms with Crippen LogP contribution < -0.4 is 5.73 Å². The summed E-state index contributed by atoms with van der Waals surface area (Å²) in [4.78, 5) is 28.2. The number of hydrogen-bond acceptors (Lipinski definition) is 4. The minimum Gasteiger partial charge on any atom is -0.341 e. The third-order valence-corrected chi connectivity index (χ3v) is 5.32. The van der Waals surface area contributed by atoms with E-state index in [1.165, 1.54) is 0 Å². The Bertz CT molecular complexity index is 381. The smallest absolute Gasteiger partial charge is 0.246 e. The van der Waals surface area contributed by atoms with Crippen LogP contribution in [0.2, 0.25) is 0 Å². The van der Waals surface area contributed by atoms with Crippen LogP contribution in [-0.4, -0.2) is 58.4 Å². The van der Waals surface area contributed by atoms with Crippen molar-refractivity contribution in [2.75, 3.05) is 24.7 Å². The third-order valence-electron chi connectivity index (χ3n) is 4.30. The van der Waals surface area contributed by atoms with Crippen molar-refractivity contribution < 1.29 is 9.59 Å². The van der Waals surface area contributed by atoms with Gasteiger partial charge in [0.2, 0.25) is 11.8 Å². The fraction of sp³-hybridized carbons (Fsp3) is 0.857. The molecule has 0 aliphatic carbocycles. The fourth-order valence-corrected chi connectivity index (χ4v) is 4.12. The molecular weight excluding hydrogens is 310 g/mol. The Balaban J connectivity index is 0.00000220. The van der Waals surface area contributed by atoms with Crippen LogP contribution >= 0.6 is 24.2 Å². The van der Waals surface area contributed by atoms with Crippen LogP contribution in [0.3, 0.4) is 0 Å². The third kappa shape index (κ3) is 4.27. The number of nitrogens with two attached hydrogens (primary N) is 1. The summed E-state index contributed by atoms with van der Waals surface area (Å²) >= 11 is 1.67. The number of rotatable bonds is 3. The maximum atomic E-state index is 12.7. The van der Waals surface area contributed by atoms with Gasteiger partial charge in [-0.2, -0.15) is 0 Å². The van der Waals surface area contributed by atoms with E-state index < -0.39 is 0 Å². The SMILES string of the molecule is CCC(=O)N1CSCC1C(=O)N1CCCC(C(C)N)C1.Cl. The zero-order valence-electron chi connectivity index (χ0n) is 12.8. The number of hydrogen-bond donors (Lipinski definition) is 1. The first-order valence-corrected chi connectivity index (χ1v) is 8.61. The lowest BCUT2D eigenvalue weighted by atomic mass is 9.92. The van der Waals surface area contributed by atoms with E-state index in [4.69, 9.17) is 5.73 Å². The maximum absolute atomic E-state index is 12.7. The molecule has 2 saturated heterocycles. The lowest BCUT2D eigenvalue weighted by molar-refractivity contribution is -0.144. The quantitative estimate of drug-likeness (QED) is 0.844. The van der Waals surface area contributed by atoms with Crippen molar-refractivity contribution in [3.05, 3.63) is 0 Å². The first-order valence-electron chi connectivity index (χ1n) is 7.46. The molecule has 3 atom stereocenters. The van der Waals surface area contributed by atoms with Crippen LogP contribution in [0.5, 0.6) is 0 Å². The summed E-state index contributed by atoms with van der Waals surface area (Å²) in [7, 11) is 0. The average Bonchev–Trinajstić information content (AvgIpc) is 2.95. The van der Waals surface area contributed by atoms with Gasteiger partial charge < -0.3 is 15.5 Å². The molecule has 7 heteroatoms. The van der Waals surface area contributed by atoms with E-state index in [-0.39, 0.29) is 36.3 Å². The van der Waals surface area contributed by atoms with Gasteiger partial charge in [-0.3, -0.25) is 9.59 Å². The molecule has 0 bridgehead atoms. The fourth-order valence-electron chi connectivity index (χ4n) is 2.95. The molecule has 3 unspecified atom stereocenters. The van der Waals surface area contributed by atoms with E-state index in [0.717, 1.165) is 31.7 Å². The van der Waals surface area contributed by atoms with Crippen molar-refractivity contribution in [1.82, 2.24) is 9.80 Å². The molecule has 21 heavy (non-hydrogen) atoms. The Labute approximate surface area is 137 Å². The summed E-state index contributed by atoms with van der Waals surface area (Å²) in [5.41, 5.74) is 5.97. The van der Waals surface area contributed by atoms with Crippen molar-refractivity contribution in [3.8, 4) is 0 Å². The minimum atomic E-state index is -0.265. The van der Waals surface area contributed by atoms with E-state index in [2.05, 4.69) is 0 Å². The predicted octanol–water partition coefficient (Wildman–Crippen LogP) is 1.31. The number of likely N-dealkylation sites (tertiary alicyclic amines) is 1. The van der Waals surface area contributed by atoms with E-state index in [1.54, 1.807) is 16.7 Å². The normalized spacial score (nSPS) is 27.2. The van der Waals surface area contributed by atoms with Gasteiger partial charge in [-0.15, -0.1) is 24.2 Å². The molecule has 2 N–H and O–H groups in total. The van der Waals surface area contributed by atoms with Gasteiger partial charge in [-0.05, 0) is 25.7 Å². The molecule has 0 aromatic heterocycles.